The van der Waals surface area contributed by atoms with Crippen LogP contribution in [0, 0.1) is 5.82 Å². The van der Waals surface area contributed by atoms with Gasteiger partial charge in [0.15, 0.2) is 0 Å². The molecule has 0 heterocycles. The van der Waals surface area contributed by atoms with Gasteiger partial charge in [-0.05, 0) is 80.8 Å². The molecule has 3 aromatic carbocycles. The number of sulfonamides is 1. The molecule has 10 heteroatoms. The second-order valence-electron chi connectivity index (χ2n) is 9.64. The Morgan fingerprint density at radius 3 is 2.10 bits per heavy atom. The van der Waals surface area contributed by atoms with Gasteiger partial charge in [0.2, 0.25) is 11.8 Å². The zero-order chi connectivity index (χ0) is 30.0. The average molecular weight is 584 g/mol. The Bertz CT molecular complexity index is 1380. The summed E-state index contributed by atoms with van der Waals surface area (Å²) in [6, 6.07) is 19.0. The van der Waals surface area contributed by atoms with Crippen LogP contribution in [0.15, 0.2) is 83.8 Å². The van der Waals surface area contributed by atoms with E-state index >= 15 is 0 Å². The van der Waals surface area contributed by atoms with Crippen LogP contribution in [0.25, 0.3) is 0 Å². The molecule has 0 radical (unpaired) electrons. The lowest BCUT2D eigenvalue weighted by atomic mass is 10.1. The standard InChI is InChI=1S/C31H38FN3O5S/c1-5-23(4)33-31(37)29(6-2)34(21-24-13-15-25(32)16-14-24)30(36)22-35(26-17-19-27(20-18-26)40-7-3)41(38,39)28-11-9-8-10-12-28/h8-20,23,29H,5-7,21-22H2,1-4H3,(H,33,37). The first-order valence-electron chi connectivity index (χ1n) is 13.8. The van der Waals surface area contributed by atoms with Crippen LogP contribution >= 0.6 is 0 Å². The van der Waals surface area contributed by atoms with E-state index in [2.05, 4.69) is 5.32 Å². The van der Waals surface area contributed by atoms with E-state index in [0.717, 1.165) is 4.31 Å². The predicted octanol–water partition coefficient (Wildman–Crippen LogP) is 5.14. The molecule has 3 aromatic rings. The highest BCUT2D eigenvalue weighted by Gasteiger charge is 2.34. The molecule has 0 aromatic heterocycles. The van der Waals surface area contributed by atoms with E-state index in [0.29, 0.717) is 30.8 Å². The topological polar surface area (TPSA) is 96.0 Å². The molecule has 0 bridgehead atoms. The number of carbonyl (C=O) groups is 2. The number of halogens is 1. The zero-order valence-electron chi connectivity index (χ0n) is 23.9. The summed E-state index contributed by atoms with van der Waals surface area (Å²) in [6.45, 7) is 7.33. The fraction of sp³-hybridized carbons (Fsp3) is 0.355. The lowest BCUT2D eigenvalue weighted by Gasteiger charge is -2.33. The van der Waals surface area contributed by atoms with Gasteiger partial charge in [0.25, 0.3) is 10.0 Å². The third-order valence-electron chi connectivity index (χ3n) is 6.70. The lowest BCUT2D eigenvalue weighted by molar-refractivity contribution is -0.140. The second kappa shape index (κ2) is 14.6. The number of ether oxygens (including phenoxy) is 1. The van der Waals surface area contributed by atoms with Gasteiger partial charge in [-0.3, -0.25) is 13.9 Å². The molecule has 220 valence electrons. The maximum Gasteiger partial charge on any atom is 0.264 e. The molecule has 0 spiro atoms. The Hall–Kier alpha value is -3.92. The van der Waals surface area contributed by atoms with Crippen molar-refractivity contribution in [2.24, 2.45) is 0 Å². The second-order valence-corrected chi connectivity index (χ2v) is 11.5. The average Bonchev–Trinajstić information content (AvgIpc) is 2.97. The lowest BCUT2D eigenvalue weighted by Crippen LogP contribution is -2.53. The Morgan fingerprint density at radius 2 is 1.54 bits per heavy atom. The van der Waals surface area contributed by atoms with Crippen LogP contribution in [-0.2, 0) is 26.2 Å². The SMILES string of the molecule is CCOc1ccc(N(CC(=O)N(Cc2ccc(F)cc2)C(CC)C(=O)NC(C)CC)S(=O)(=O)c2ccccc2)cc1. The van der Waals surface area contributed by atoms with Crippen molar-refractivity contribution in [2.45, 2.75) is 64.1 Å². The molecule has 1 N–H and O–H groups in total. The van der Waals surface area contributed by atoms with E-state index < -0.39 is 34.3 Å². The number of rotatable bonds is 14. The molecule has 0 fully saturated rings. The van der Waals surface area contributed by atoms with E-state index in [1.54, 1.807) is 61.5 Å². The third kappa shape index (κ3) is 8.29. The van der Waals surface area contributed by atoms with Crippen molar-refractivity contribution < 1.29 is 27.1 Å². The van der Waals surface area contributed by atoms with Crippen LogP contribution in [-0.4, -0.2) is 50.4 Å². The fourth-order valence-corrected chi connectivity index (χ4v) is 5.71. The molecule has 0 aliphatic rings. The molecule has 0 saturated carbocycles. The molecular weight excluding hydrogens is 545 g/mol. The first kappa shape index (κ1) is 31.6. The quantitative estimate of drug-likeness (QED) is 0.284. The smallest absolute Gasteiger partial charge is 0.264 e. The molecule has 2 unspecified atom stereocenters. The Balaban J connectivity index is 2.04. The van der Waals surface area contributed by atoms with Crippen molar-refractivity contribution in [3.8, 4) is 5.75 Å². The van der Waals surface area contributed by atoms with E-state index in [-0.39, 0.29) is 29.1 Å². The van der Waals surface area contributed by atoms with Crippen molar-refractivity contribution in [3.05, 3.63) is 90.2 Å². The van der Waals surface area contributed by atoms with E-state index in [1.807, 2.05) is 20.8 Å². The molecule has 2 amide bonds. The monoisotopic (exact) mass is 583 g/mol. The van der Waals surface area contributed by atoms with Crippen LogP contribution in [0.4, 0.5) is 10.1 Å². The van der Waals surface area contributed by atoms with Crippen molar-refractivity contribution in [1.29, 1.82) is 0 Å². The third-order valence-corrected chi connectivity index (χ3v) is 8.49. The maximum absolute atomic E-state index is 14.0. The van der Waals surface area contributed by atoms with E-state index in [9.17, 15) is 22.4 Å². The zero-order valence-corrected chi connectivity index (χ0v) is 24.7. The number of hydrogen-bond donors (Lipinski definition) is 1. The minimum Gasteiger partial charge on any atom is -0.494 e. The largest absolute Gasteiger partial charge is 0.494 e. The van der Waals surface area contributed by atoms with E-state index in [1.165, 1.54) is 29.2 Å². The first-order chi connectivity index (χ1) is 19.6. The van der Waals surface area contributed by atoms with E-state index in [4.69, 9.17) is 4.74 Å². The molecule has 41 heavy (non-hydrogen) atoms. The Labute approximate surface area is 242 Å². The molecule has 3 rings (SSSR count). The van der Waals surface area contributed by atoms with Gasteiger partial charge < -0.3 is 15.0 Å². The van der Waals surface area contributed by atoms with Crippen molar-refractivity contribution in [3.63, 3.8) is 0 Å². The van der Waals surface area contributed by atoms with Crippen LogP contribution in [0.2, 0.25) is 0 Å². The normalized spacial score (nSPS) is 12.7. The number of hydrogen-bond acceptors (Lipinski definition) is 5. The molecule has 8 nitrogen and oxygen atoms in total. The van der Waals surface area contributed by atoms with Gasteiger partial charge >= 0.3 is 0 Å². The highest BCUT2D eigenvalue weighted by molar-refractivity contribution is 7.92. The number of benzene rings is 3. The highest BCUT2D eigenvalue weighted by atomic mass is 32.2. The van der Waals surface area contributed by atoms with Gasteiger partial charge in [-0.25, -0.2) is 12.8 Å². The Kier molecular flexibility index (Phi) is 11.3. The van der Waals surface area contributed by atoms with Gasteiger partial charge in [-0.2, -0.15) is 0 Å². The summed E-state index contributed by atoms with van der Waals surface area (Å²) >= 11 is 0. The van der Waals surface area contributed by atoms with Crippen LogP contribution in [0.3, 0.4) is 0 Å². The van der Waals surface area contributed by atoms with Gasteiger partial charge in [0.1, 0.15) is 24.2 Å². The van der Waals surface area contributed by atoms with Gasteiger partial charge in [-0.15, -0.1) is 0 Å². The summed E-state index contributed by atoms with van der Waals surface area (Å²) in [5, 5.41) is 2.93. The molecular formula is C31H38FN3O5S. The van der Waals surface area contributed by atoms with Crippen molar-refractivity contribution >= 4 is 27.5 Å². The summed E-state index contributed by atoms with van der Waals surface area (Å²) in [6.07, 6.45) is 0.999. The summed E-state index contributed by atoms with van der Waals surface area (Å²) < 4.78 is 47.9. The summed E-state index contributed by atoms with van der Waals surface area (Å²) in [4.78, 5) is 28.7. The molecule has 0 aliphatic carbocycles. The maximum atomic E-state index is 14.0. The minimum absolute atomic E-state index is 0.00590. The number of carbonyl (C=O) groups excluding carboxylic acids is 2. The highest BCUT2D eigenvalue weighted by Crippen LogP contribution is 2.27. The van der Waals surface area contributed by atoms with Gasteiger partial charge in [-0.1, -0.05) is 44.2 Å². The summed E-state index contributed by atoms with van der Waals surface area (Å²) in [5.41, 5.74) is 0.873. The van der Waals surface area contributed by atoms with Crippen LogP contribution in [0.1, 0.15) is 46.1 Å². The van der Waals surface area contributed by atoms with Crippen LogP contribution in [0.5, 0.6) is 5.75 Å². The number of nitrogens with one attached hydrogen (secondary N) is 1. The van der Waals surface area contributed by atoms with Gasteiger partial charge in [0.05, 0.1) is 17.2 Å². The molecule has 0 saturated heterocycles. The van der Waals surface area contributed by atoms with Crippen molar-refractivity contribution in [2.75, 3.05) is 17.5 Å². The summed E-state index contributed by atoms with van der Waals surface area (Å²) in [7, 11) is -4.17. The molecule has 2 atom stereocenters. The first-order valence-corrected chi connectivity index (χ1v) is 15.2. The van der Waals surface area contributed by atoms with Crippen LogP contribution < -0.4 is 14.4 Å². The van der Waals surface area contributed by atoms with Gasteiger partial charge in [0, 0.05) is 12.6 Å². The number of amides is 2. The number of nitrogens with zero attached hydrogens (tertiary/aromatic N) is 2. The number of anilines is 1. The predicted molar refractivity (Wildman–Crippen MR) is 158 cm³/mol. The minimum atomic E-state index is -4.17. The fourth-order valence-electron chi connectivity index (χ4n) is 4.27. The summed E-state index contributed by atoms with van der Waals surface area (Å²) in [5.74, 6) is -0.779. The van der Waals surface area contributed by atoms with Crippen molar-refractivity contribution in [1.82, 2.24) is 10.2 Å². The Morgan fingerprint density at radius 1 is 0.902 bits per heavy atom. The molecule has 0 aliphatic heterocycles.